The highest BCUT2D eigenvalue weighted by atomic mass is 35.5. The summed E-state index contributed by atoms with van der Waals surface area (Å²) in [6.45, 7) is 9.61. The molecule has 14 N–H and O–H groups in total. The van der Waals surface area contributed by atoms with Gasteiger partial charge >= 0.3 is 47.3 Å². The van der Waals surface area contributed by atoms with Crippen LogP contribution in [0.1, 0.15) is 183 Å². The maximum absolute atomic E-state index is 13.9. The first-order chi connectivity index (χ1) is 58.5. The number of benzene rings is 4. The first-order valence-corrected chi connectivity index (χ1v) is 38.6. The summed E-state index contributed by atoms with van der Waals surface area (Å²) in [6.07, 6.45) is 15.5. The minimum atomic E-state index is -1.63. The van der Waals surface area contributed by atoms with Crippen LogP contribution in [0.3, 0.4) is 0 Å². The monoisotopic (exact) mass is 1830 g/mol. The Morgan fingerprint density at radius 2 is 0.624 bits per heavy atom. The number of carboxylic acid groups (broad SMARTS) is 1. The average Bonchev–Trinajstić information content (AvgIpc) is 0.801. The predicted octanol–water partition coefficient (Wildman–Crippen LogP) is 13.9. The molecule has 4 aliphatic heterocycles. The Bertz CT molecular complexity index is 4870. The van der Waals surface area contributed by atoms with Crippen LogP contribution in [-0.2, 0) is 38.4 Å². The first kappa shape index (κ1) is 101. The van der Waals surface area contributed by atoms with Gasteiger partial charge in [0.25, 0.3) is 0 Å². The van der Waals surface area contributed by atoms with E-state index >= 15 is 0 Å². The normalized spacial score (nSPS) is 18.1. The molecular formula is C83H89Cl4F9N16O13. The lowest BCUT2D eigenvalue weighted by molar-refractivity contribution is -0.147. The zero-order chi connectivity index (χ0) is 91.8. The highest BCUT2D eigenvalue weighted by molar-refractivity contribution is 6.41. The smallest absolute Gasteiger partial charge is 0.394 e. The Labute approximate surface area is 732 Å². The summed E-state index contributed by atoms with van der Waals surface area (Å²) in [6, 6.07) is 12.8. The van der Waals surface area contributed by atoms with Crippen molar-refractivity contribution in [2.45, 2.75) is 118 Å². The fourth-order valence-corrected chi connectivity index (χ4v) is 14.1. The van der Waals surface area contributed by atoms with Crippen LogP contribution < -0.4 is 49.5 Å². The molecule has 11 amide bonds. The number of alkyl halides is 1. The number of aliphatic carboxylic acids is 1. The third kappa shape index (κ3) is 28.6. The van der Waals surface area contributed by atoms with E-state index in [1.165, 1.54) is 119 Å². The fourth-order valence-electron chi connectivity index (χ4n) is 13.2. The number of carbonyl (C=O) groups excluding carboxylic acids is 11. The molecule has 0 spiro atoms. The molecule has 4 aromatic heterocycles. The number of anilines is 4. The molecule has 0 aliphatic carbocycles. The highest BCUT2D eigenvalue weighted by Crippen LogP contribution is 2.40. The maximum Gasteiger partial charge on any atom is 0.394 e. The fraction of sp³-hybridized carbons (Fsp3) is 0.325. The zero-order valence-electron chi connectivity index (χ0n) is 66.6. The highest BCUT2D eigenvalue weighted by Gasteiger charge is 2.39. The lowest BCUT2D eigenvalue weighted by Gasteiger charge is -2.38. The molecule has 670 valence electrons. The van der Waals surface area contributed by atoms with E-state index in [-0.39, 0.29) is 108 Å². The minimum absolute atomic E-state index is 0. The van der Waals surface area contributed by atoms with E-state index in [2.05, 4.69) is 48.1 Å². The predicted molar refractivity (Wildman–Crippen MR) is 447 cm³/mol. The standard InChI is InChI=1S/3C20H19ClF2N4O3.C12H14ClF2N.C8H7N3O4.CH3F.2CH4/c3*1-10-2-3-16(11-5-14(21)17(23)15(22)6-11)27(9-10)20(30)19(29)26-13-4-12(18(24)28)7-25-8-13;1-7-2-3-11(16-6-7)8-4-9(13)12(15)10(14)5-8;9-6(12)4-1-5(3-10-2-4)11-7(13)8(14)15;1-2;;/h3*4-8,10,16H,2-3,9H2,1H3,(H2,24,28)(H,26,29);4-5,7,11,16H,2-3,6H2,1H3;1-3H,(H2,9,12)(H,11,13)(H,14,15);1H3;2*1H4/t2*10-,16+;;;;;;/m10....../s1/i;;;;;1D;;. The molecule has 4 fully saturated rings. The quantitative estimate of drug-likeness (QED) is 0.0308. The van der Waals surface area contributed by atoms with Gasteiger partial charge in [-0.05, 0) is 177 Å². The number of aromatic nitrogens is 4. The summed E-state index contributed by atoms with van der Waals surface area (Å²) in [4.78, 5) is 161. The number of primary amides is 4. The lowest BCUT2D eigenvalue weighted by Crippen LogP contribution is -2.46. The summed E-state index contributed by atoms with van der Waals surface area (Å²) >= 11 is 22.9. The molecule has 4 saturated heterocycles. The number of carboxylic acids is 1. The van der Waals surface area contributed by atoms with E-state index in [1.54, 1.807) is 0 Å². The van der Waals surface area contributed by atoms with Gasteiger partial charge in [-0.1, -0.05) is 89.0 Å². The Kier molecular flexibility index (Phi) is 38.5. The van der Waals surface area contributed by atoms with Crippen LogP contribution in [0.4, 0.5) is 62.3 Å². The molecule has 12 rings (SSSR count). The summed E-state index contributed by atoms with van der Waals surface area (Å²) < 4.78 is 124. The molecule has 8 heterocycles. The third-order valence-electron chi connectivity index (χ3n) is 19.4. The molecule has 8 aromatic rings. The molecule has 0 bridgehead atoms. The number of rotatable bonds is 12. The summed E-state index contributed by atoms with van der Waals surface area (Å²) in [5.74, 6) is -18.9. The van der Waals surface area contributed by atoms with Crippen LogP contribution in [0.2, 0.25) is 20.1 Å². The number of nitrogens with zero attached hydrogens (tertiary/aromatic N) is 7. The minimum Gasteiger partial charge on any atom is -0.474 e. The van der Waals surface area contributed by atoms with Gasteiger partial charge in [0.1, 0.15) is 0 Å². The van der Waals surface area contributed by atoms with E-state index < -0.39 is 158 Å². The summed E-state index contributed by atoms with van der Waals surface area (Å²) in [5, 5.41) is 19.5. The molecule has 0 radical (unpaired) electrons. The van der Waals surface area contributed by atoms with E-state index in [1.807, 2.05) is 26.1 Å². The Morgan fingerprint density at radius 3 is 0.856 bits per heavy atom. The van der Waals surface area contributed by atoms with Crippen LogP contribution in [0.15, 0.2) is 122 Å². The zero-order valence-corrected chi connectivity index (χ0v) is 68.6. The summed E-state index contributed by atoms with van der Waals surface area (Å²) in [5.41, 5.74) is 23.0. The van der Waals surface area contributed by atoms with Gasteiger partial charge in [0.05, 0.1) is 117 Å². The second-order valence-corrected chi connectivity index (χ2v) is 30.4. The van der Waals surface area contributed by atoms with Crippen LogP contribution in [0.25, 0.3) is 0 Å². The number of likely N-dealkylation sites (tertiary alicyclic amines) is 3. The molecule has 42 heteroatoms. The van der Waals surface area contributed by atoms with Gasteiger partial charge in [-0.25, -0.2) is 39.9 Å². The number of pyridine rings is 4. The molecular weight excluding hydrogens is 1740 g/mol. The number of hydrogen-bond acceptors (Lipinski definition) is 17. The number of hydrogen-bond donors (Lipinski definition) is 10. The Morgan fingerprint density at radius 1 is 0.384 bits per heavy atom. The van der Waals surface area contributed by atoms with Crippen LogP contribution >= 0.6 is 46.4 Å². The van der Waals surface area contributed by atoms with E-state index in [4.69, 9.17) is 75.8 Å². The van der Waals surface area contributed by atoms with Crippen LogP contribution in [0, 0.1) is 70.2 Å². The van der Waals surface area contributed by atoms with Crippen molar-refractivity contribution < 1.29 is 104 Å². The van der Waals surface area contributed by atoms with E-state index in [0.717, 1.165) is 62.4 Å². The van der Waals surface area contributed by atoms with Crippen molar-refractivity contribution in [3.05, 3.63) is 234 Å². The van der Waals surface area contributed by atoms with Crippen molar-refractivity contribution in [3.63, 3.8) is 0 Å². The van der Waals surface area contributed by atoms with Crippen LogP contribution in [0.5, 0.6) is 0 Å². The second kappa shape index (κ2) is 47.5. The Balaban J connectivity index is 0.000000283. The number of nitrogens with two attached hydrogens (primary N) is 4. The molecule has 125 heavy (non-hydrogen) atoms. The molecule has 4 aromatic carbocycles. The van der Waals surface area contributed by atoms with Gasteiger partial charge in [-0.15, -0.1) is 0 Å². The van der Waals surface area contributed by atoms with Crippen molar-refractivity contribution in [3.8, 4) is 0 Å². The van der Waals surface area contributed by atoms with Gasteiger partial charge in [-0.3, -0.25) is 77.1 Å². The van der Waals surface area contributed by atoms with E-state index in [9.17, 15) is 97.0 Å². The number of halogens is 13. The Hall–Kier alpha value is -12.4. The number of nitrogens with one attached hydrogen (secondary N) is 5. The molecule has 4 unspecified atom stereocenters. The lowest BCUT2D eigenvalue weighted by atomic mass is 9.89. The summed E-state index contributed by atoms with van der Waals surface area (Å²) in [7, 11) is -1.00. The topological polar surface area (TPSA) is 451 Å². The van der Waals surface area contributed by atoms with Crippen molar-refractivity contribution >= 4 is 140 Å². The molecule has 4 aliphatic rings. The average molecular weight is 1830 g/mol. The van der Waals surface area contributed by atoms with Gasteiger partial charge in [0, 0.05) is 50.5 Å². The van der Waals surface area contributed by atoms with Gasteiger partial charge in [0.15, 0.2) is 46.5 Å². The van der Waals surface area contributed by atoms with Gasteiger partial charge in [0.2, 0.25) is 23.6 Å². The third-order valence-corrected chi connectivity index (χ3v) is 20.5. The number of carbonyl (C=O) groups is 12. The van der Waals surface area contributed by atoms with E-state index in [0.29, 0.717) is 41.9 Å². The molecule has 0 saturated carbocycles. The van der Waals surface area contributed by atoms with Crippen molar-refractivity contribution in [2.24, 2.45) is 46.6 Å². The van der Waals surface area contributed by atoms with Crippen LogP contribution in [-0.4, -0.2) is 144 Å². The van der Waals surface area contributed by atoms with Crippen molar-refractivity contribution in [1.29, 1.82) is 0 Å². The SMILES string of the molecule is C.C.CC1CCC(c2cc(F)c(F)c(Cl)c2)N(C(=O)C(=O)Nc2cncc(C(N)=O)c2)C1.CC1CCC(c2cc(F)c(F)c(Cl)c2)NC1.C[C@@H]1CC[C@@H](c2cc(F)c(F)c(Cl)c2)N(C(=O)C(=O)Nc2cncc(C(N)=O)c2)C1.C[C@H]1CC[C@H](c2cc(F)c(F)c(Cl)c2)N(C(=O)C(=O)Nc2cncc(C(N)=O)c2)C1.NC(=O)c1cncc(NC(=O)C(=O)O)c1.[2H]CF. The molecule has 29 nitrogen and oxygen atoms in total. The second-order valence-electron chi connectivity index (χ2n) is 28.7. The first-order valence-electron chi connectivity index (χ1n) is 37.8. The van der Waals surface area contributed by atoms with Gasteiger partial charge in [-0.2, -0.15) is 0 Å². The maximum atomic E-state index is 13.9. The number of piperidine rings is 4. The number of amides is 11. The van der Waals surface area contributed by atoms with Crippen molar-refractivity contribution in [1.82, 2.24) is 40.0 Å². The van der Waals surface area contributed by atoms with Gasteiger partial charge < -0.3 is 69.3 Å². The largest absolute Gasteiger partial charge is 0.474 e. The molecule has 8 atom stereocenters. The van der Waals surface area contributed by atoms with Crippen molar-refractivity contribution in [2.75, 3.05) is 54.6 Å².